The number of carbonyl (C=O) groups is 4. The van der Waals surface area contributed by atoms with E-state index in [1.165, 1.54) is 13.8 Å². The van der Waals surface area contributed by atoms with Gasteiger partial charge >= 0.3 is 11.9 Å². The summed E-state index contributed by atoms with van der Waals surface area (Å²) in [4.78, 5) is 48.5. The third-order valence-electron chi connectivity index (χ3n) is 7.21. The number of ether oxygens (including phenoxy) is 5. The molecule has 0 rings (SSSR count). The van der Waals surface area contributed by atoms with Gasteiger partial charge in [-0.3, -0.25) is 19.2 Å². The number of rotatable bonds is 27. The molecule has 0 radical (unpaired) electrons. The number of esters is 2. The summed E-state index contributed by atoms with van der Waals surface area (Å²) in [5, 5.41) is 9.97. The molecule has 0 aliphatic heterocycles. The van der Waals surface area contributed by atoms with Crippen LogP contribution < -0.4 is 0 Å². The van der Waals surface area contributed by atoms with Gasteiger partial charge in [0.1, 0.15) is 23.8 Å². The molecule has 0 spiro atoms. The van der Waals surface area contributed by atoms with Crippen LogP contribution in [0.4, 0.5) is 0 Å². The molecule has 0 saturated heterocycles. The number of aliphatic hydroxyl groups is 1. The second kappa shape index (κ2) is 24.6. The Morgan fingerprint density at radius 1 is 0.571 bits per heavy atom. The minimum atomic E-state index is -0.545. The lowest BCUT2D eigenvalue weighted by Crippen LogP contribution is -2.29. The molecule has 0 amide bonds. The van der Waals surface area contributed by atoms with Gasteiger partial charge in [0.25, 0.3) is 0 Å². The zero-order chi connectivity index (χ0) is 31.9. The topological polar surface area (TPSA) is 135 Å². The molecule has 0 aliphatic carbocycles. The lowest BCUT2D eigenvalue weighted by molar-refractivity contribution is -0.155. The second-order valence-electron chi connectivity index (χ2n) is 11.2. The maximum Gasteiger partial charge on any atom is 0.308 e. The number of ketones is 2. The van der Waals surface area contributed by atoms with Crippen LogP contribution in [0.15, 0.2) is 0 Å². The lowest BCUT2D eigenvalue weighted by Gasteiger charge is -2.26. The highest BCUT2D eigenvalue weighted by Gasteiger charge is 2.24. The molecule has 0 aromatic heterocycles. The molecule has 1 N–H and O–H groups in total. The van der Waals surface area contributed by atoms with E-state index in [1.54, 1.807) is 14.2 Å². The number of carbonyl (C=O) groups excluding carboxylic acids is 4. The van der Waals surface area contributed by atoms with Crippen molar-refractivity contribution in [3.8, 4) is 0 Å². The predicted octanol–water partition coefficient (Wildman–Crippen LogP) is 5.29. The molecular weight excluding hydrogens is 544 g/mol. The van der Waals surface area contributed by atoms with Crippen LogP contribution in [-0.2, 0) is 42.9 Å². The third kappa shape index (κ3) is 20.1. The monoisotopic (exact) mass is 602 g/mol. The molecule has 246 valence electrons. The van der Waals surface area contributed by atoms with E-state index in [-0.39, 0.29) is 74.1 Å². The summed E-state index contributed by atoms with van der Waals surface area (Å²) in [5.41, 5.74) is 0. The van der Waals surface area contributed by atoms with Gasteiger partial charge in [0.15, 0.2) is 0 Å². The standard InChI is InChI=1S/C32H58O10/c1-8-12-26(38-6)20-31(36)41-28(18-23(4)34)14-11-15-30(22-33)40-25(10-3)16-17-29(19-24(5)35)42-32(37)21-27(39-7)13-9-2/h25-30,33H,8-22H2,1-7H3. The van der Waals surface area contributed by atoms with Crippen LogP contribution in [0.1, 0.15) is 125 Å². The molecule has 6 atom stereocenters. The van der Waals surface area contributed by atoms with Crippen LogP contribution in [0.5, 0.6) is 0 Å². The van der Waals surface area contributed by atoms with Crippen LogP contribution >= 0.6 is 0 Å². The molecule has 42 heavy (non-hydrogen) atoms. The van der Waals surface area contributed by atoms with Gasteiger partial charge in [0.05, 0.1) is 43.9 Å². The third-order valence-corrected chi connectivity index (χ3v) is 7.21. The molecule has 10 nitrogen and oxygen atoms in total. The first-order valence-electron chi connectivity index (χ1n) is 15.7. The fourth-order valence-corrected chi connectivity index (χ4v) is 4.92. The van der Waals surface area contributed by atoms with E-state index in [2.05, 4.69) is 0 Å². The minimum Gasteiger partial charge on any atom is -0.462 e. The van der Waals surface area contributed by atoms with Gasteiger partial charge in [-0.05, 0) is 65.2 Å². The van der Waals surface area contributed by atoms with E-state index in [0.717, 1.165) is 25.7 Å². The van der Waals surface area contributed by atoms with Gasteiger partial charge < -0.3 is 28.8 Å². The number of aliphatic hydroxyl groups excluding tert-OH is 1. The van der Waals surface area contributed by atoms with Crippen LogP contribution in [0.3, 0.4) is 0 Å². The van der Waals surface area contributed by atoms with E-state index >= 15 is 0 Å². The first kappa shape index (κ1) is 40.1. The largest absolute Gasteiger partial charge is 0.462 e. The molecule has 0 saturated carbocycles. The SMILES string of the molecule is CCCC(CC(=O)OC(CCCC(CO)OC(CC)CCC(CC(C)=O)OC(=O)CC(CCC)OC)CC(C)=O)OC. The van der Waals surface area contributed by atoms with Crippen molar-refractivity contribution in [3.05, 3.63) is 0 Å². The van der Waals surface area contributed by atoms with Crippen molar-refractivity contribution < 1.29 is 48.0 Å². The maximum atomic E-state index is 12.5. The van der Waals surface area contributed by atoms with Crippen molar-refractivity contribution in [1.82, 2.24) is 0 Å². The Balaban J connectivity index is 4.95. The zero-order valence-corrected chi connectivity index (χ0v) is 27.2. The molecule has 0 aromatic carbocycles. The van der Waals surface area contributed by atoms with E-state index in [1.807, 2.05) is 20.8 Å². The number of Topliss-reactive ketones (excluding diaryl/α,β-unsaturated/α-hetero) is 2. The van der Waals surface area contributed by atoms with Crippen molar-refractivity contribution >= 4 is 23.5 Å². The normalized spacial score (nSPS) is 15.7. The average Bonchev–Trinajstić information content (AvgIpc) is 2.92. The Labute approximate surface area is 253 Å². The molecular formula is C32H58O10. The molecule has 0 aromatic rings. The summed E-state index contributed by atoms with van der Waals surface area (Å²) in [6.07, 6.45) is 5.02. The van der Waals surface area contributed by atoms with Crippen molar-refractivity contribution in [2.45, 2.75) is 161 Å². The summed E-state index contributed by atoms with van der Waals surface area (Å²) in [6, 6.07) is 0. The van der Waals surface area contributed by atoms with Gasteiger partial charge in [0.2, 0.25) is 0 Å². The predicted molar refractivity (Wildman–Crippen MR) is 160 cm³/mol. The molecule has 10 heteroatoms. The van der Waals surface area contributed by atoms with Gasteiger partial charge in [-0.15, -0.1) is 0 Å². The lowest BCUT2D eigenvalue weighted by atomic mass is 10.0. The van der Waals surface area contributed by atoms with E-state index in [9.17, 15) is 24.3 Å². The van der Waals surface area contributed by atoms with Crippen molar-refractivity contribution in [3.63, 3.8) is 0 Å². The second-order valence-corrected chi connectivity index (χ2v) is 11.2. The van der Waals surface area contributed by atoms with E-state index in [4.69, 9.17) is 23.7 Å². The number of hydrogen-bond donors (Lipinski definition) is 1. The number of methoxy groups -OCH3 is 2. The van der Waals surface area contributed by atoms with Crippen molar-refractivity contribution in [2.75, 3.05) is 20.8 Å². The van der Waals surface area contributed by atoms with Crippen molar-refractivity contribution in [1.29, 1.82) is 0 Å². The van der Waals surface area contributed by atoms with Crippen LogP contribution in [0, 0.1) is 0 Å². The summed E-state index contributed by atoms with van der Waals surface area (Å²) >= 11 is 0. The van der Waals surface area contributed by atoms with E-state index in [0.29, 0.717) is 38.5 Å². The first-order chi connectivity index (χ1) is 20.0. The Morgan fingerprint density at radius 3 is 1.38 bits per heavy atom. The zero-order valence-electron chi connectivity index (χ0n) is 27.2. The highest BCUT2D eigenvalue weighted by Crippen LogP contribution is 2.20. The number of hydrogen-bond acceptors (Lipinski definition) is 10. The Morgan fingerprint density at radius 2 is 1.00 bits per heavy atom. The minimum absolute atomic E-state index is 0.0595. The smallest absolute Gasteiger partial charge is 0.308 e. The summed E-state index contributed by atoms with van der Waals surface area (Å²) in [6.45, 7) is 8.79. The van der Waals surface area contributed by atoms with E-state index < -0.39 is 18.3 Å². The van der Waals surface area contributed by atoms with Crippen LogP contribution in [-0.4, -0.2) is 86.1 Å². The van der Waals surface area contributed by atoms with Crippen LogP contribution in [0.2, 0.25) is 0 Å². The highest BCUT2D eigenvalue weighted by molar-refractivity contribution is 5.77. The Bertz CT molecular complexity index is 756. The highest BCUT2D eigenvalue weighted by atomic mass is 16.6. The Kier molecular flexibility index (Phi) is 23.5. The molecule has 0 heterocycles. The Hall–Kier alpha value is -1.88. The molecule has 0 aliphatic rings. The maximum absolute atomic E-state index is 12.5. The summed E-state index contributed by atoms with van der Waals surface area (Å²) < 4.78 is 28.1. The molecule has 6 unspecified atom stereocenters. The fourth-order valence-electron chi connectivity index (χ4n) is 4.92. The molecule has 0 bridgehead atoms. The quantitative estimate of drug-likeness (QED) is 0.124. The van der Waals surface area contributed by atoms with Gasteiger partial charge in [0, 0.05) is 27.1 Å². The summed E-state index contributed by atoms with van der Waals surface area (Å²) in [5.74, 6) is -0.885. The first-order valence-corrected chi connectivity index (χ1v) is 15.7. The van der Waals surface area contributed by atoms with Crippen LogP contribution in [0.25, 0.3) is 0 Å². The van der Waals surface area contributed by atoms with Crippen molar-refractivity contribution in [2.24, 2.45) is 0 Å². The van der Waals surface area contributed by atoms with Gasteiger partial charge in [-0.2, -0.15) is 0 Å². The van der Waals surface area contributed by atoms with Gasteiger partial charge in [-0.25, -0.2) is 0 Å². The summed E-state index contributed by atoms with van der Waals surface area (Å²) in [7, 11) is 3.14. The fraction of sp³-hybridized carbons (Fsp3) is 0.875. The van der Waals surface area contributed by atoms with Gasteiger partial charge in [-0.1, -0.05) is 33.6 Å². The average molecular weight is 603 g/mol. The molecule has 0 fully saturated rings.